The van der Waals surface area contributed by atoms with Gasteiger partial charge in [-0.25, -0.2) is 4.57 Å². The lowest BCUT2D eigenvalue weighted by molar-refractivity contribution is -0.161. The molecular formula is C30H52NO8P. The minimum atomic E-state index is -4.34. The Labute approximate surface area is 241 Å². The van der Waals surface area contributed by atoms with E-state index in [0.29, 0.717) is 6.42 Å². The first kappa shape index (κ1) is 38.0. The Morgan fingerprint density at radius 2 is 1.35 bits per heavy atom. The highest BCUT2D eigenvalue weighted by atomic mass is 31.2. The van der Waals surface area contributed by atoms with Crippen molar-refractivity contribution < 1.29 is 37.6 Å². The first-order valence-corrected chi connectivity index (χ1v) is 16.1. The minimum absolute atomic E-state index is 0.0473. The lowest BCUT2D eigenvalue weighted by Gasteiger charge is -2.19. The van der Waals surface area contributed by atoms with Gasteiger partial charge in [-0.1, -0.05) is 88.1 Å². The Bertz CT molecular complexity index is 810. The largest absolute Gasteiger partial charge is 0.472 e. The van der Waals surface area contributed by atoms with Crippen LogP contribution in [-0.4, -0.2) is 49.3 Å². The number of rotatable bonds is 26. The predicted octanol–water partition coefficient (Wildman–Crippen LogP) is 6.87. The maximum absolute atomic E-state index is 12.2. The van der Waals surface area contributed by atoms with E-state index in [9.17, 15) is 19.0 Å². The third kappa shape index (κ3) is 26.2. The van der Waals surface area contributed by atoms with Gasteiger partial charge in [0.15, 0.2) is 6.10 Å². The van der Waals surface area contributed by atoms with E-state index >= 15 is 0 Å². The zero-order valence-electron chi connectivity index (χ0n) is 24.5. The molecule has 9 nitrogen and oxygen atoms in total. The summed E-state index contributed by atoms with van der Waals surface area (Å²) >= 11 is 0. The summed E-state index contributed by atoms with van der Waals surface area (Å²) in [6.07, 6.45) is 28.1. The van der Waals surface area contributed by atoms with Gasteiger partial charge in [-0.2, -0.15) is 0 Å². The maximum Gasteiger partial charge on any atom is 0.472 e. The number of ether oxygens (including phenoxy) is 2. The molecule has 0 aromatic carbocycles. The third-order valence-corrected chi connectivity index (χ3v) is 6.52. The second-order valence-corrected chi connectivity index (χ2v) is 10.6. The van der Waals surface area contributed by atoms with Crippen molar-refractivity contribution in [3.05, 3.63) is 48.6 Å². The SMILES string of the molecule is CC/C=C\C/C=C\C/C=C\C/C=C\CCCCCCCCC(=O)OC(COC(=O)CC)COP(=O)(O)OCCN. The average Bonchev–Trinajstić information content (AvgIpc) is 2.94. The van der Waals surface area contributed by atoms with Crippen LogP contribution in [0.5, 0.6) is 0 Å². The van der Waals surface area contributed by atoms with Crippen LogP contribution in [0.2, 0.25) is 0 Å². The normalized spacial score (nSPS) is 14.4. The lowest BCUT2D eigenvalue weighted by atomic mass is 10.1. The molecule has 0 fully saturated rings. The van der Waals surface area contributed by atoms with Gasteiger partial charge in [0.1, 0.15) is 6.61 Å². The van der Waals surface area contributed by atoms with Crippen molar-refractivity contribution in [1.82, 2.24) is 0 Å². The summed E-state index contributed by atoms with van der Waals surface area (Å²) in [4.78, 5) is 33.3. The lowest BCUT2D eigenvalue weighted by Crippen LogP contribution is -2.29. The van der Waals surface area contributed by atoms with E-state index in [4.69, 9.17) is 19.7 Å². The number of carbonyl (C=O) groups is 2. The Morgan fingerprint density at radius 3 is 1.95 bits per heavy atom. The smallest absolute Gasteiger partial charge is 0.462 e. The number of carbonyl (C=O) groups excluding carboxylic acids is 2. The number of hydrogen-bond acceptors (Lipinski definition) is 8. The second kappa shape index (κ2) is 27.2. The molecule has 0 saturated carbocycles. The van der Waals surface area contributed by atoms with E-state index in [1.807, 2.05) is 0 Å². The molecule has 0 amide bonds. The van der Waals surface area contributed by atoms with Crippen LogP contribution < -0.4 is 5.73 Å². The molecule has 0 rings (SSSR count). The number of allylic oxidation sites excluding steroid dienone is 8. The van der Waals surface area contributed by atoms with Crippen LogP contribution in [0.25, 0.3) is 0 Å². The van der Waals surface area contributed by atoms with Crippen molar-refractivity contribution in [3.63, 3.8) is 0 Å². The molecule has 0 aliphatic rings. The molecule has 2 atom stereocenters. The van der Waals surface area contributed by atoms with Gasteiger partial charge < -0.3 is 20.1 Å². The van der Waals surface area contributed by atoms with E-state index < -0.39 is 32.5 Å². The molecule has 40 heavy (non-hydrogen) atoms. The Kier molecular flexibility index (Phi) is 25.8. The van der Waals surface area contributed by atoms with E-state index in [1.54, 1.807) is 6.92 Å². The van der Waals surface area contributed by atoms with Crippen molar-refractivity contribution >= 4 is 19.8 Å². The molecular weight excluding hydrogens is 533 g/mol. The van der Waals surface area contributed by atoms with Crippen molar-refractivity contribution in [1.29, 1.82) is 0 Å². The minimum Gasteiger partial charge on any atom is -0.462 e. The molecule has 2 unspecified atom stereocenters. The van der Waals surface area contributed by atoms with Crippen LogP contribution in [-0.2, 0) is 32.7 Å². The van der Waals surface area contributed by atoms with Gasteiger partial charge in [-0.3, -0.25) is 18.6 Å². The fourth-order valence-electron chi connectivity index (χ4n) is 3.37. The predicted molar refractivity (Wildman–Crippen MR) is 160 cm³/mol. The summed E-state index contributed by atoms with van der Waals surface area (Å²) in [6, 6.07) is 0. The number of phosphoric ester groups is 1. The first-order chi connectivity index (χ1) is 19.3. The number of phosphoric acid groups is 1. The highest BCUT2D eigenvalue weighted by molar-refractivity contribution is 7.47. The topological polar surface area (TPSA) is 134 Å². The van der Waals surface area contributed by atoms with Crippen LogP contribution in [0, 0.1) is 0 Å². The van der Waals surface area contributed by atoms with Crippen LogP contribution in [0.4, 0.5) is 0 Å². The van der Waals surface area contributed by atoms with Crippen LogP contribution in [0.1, 0.15) is 97.3 Å². The standard InChI is InChI=1S/C30H52NO8P/c1-3-5-6-7-8-9-10-11-12-13-14-15-16-17-18-19-20-21-22-23-30(33)39-28(26-36-29(32)4-2)27-38-40(34,35)37-25-24-31/h5-6,8-9,11-12,14-15,28H,3-4,7,10,13,16-27,31H2,1-2H3,(H,34,35)/b6-5-,9-8-,12-11-,15-14-. The molecule has 230 valence electrons. The molecule has 0 bridgehead atoms. The number of esters is 2. The van der Waals surface area contributed by atoms with Gasteiger partial charge in [0.2, 0.25) is 0 Å². The maximum atomic E-state index is 12.2. The second-order valence-electron chi connectivity index (χ2n) is 9.20. The average molecular weight is 586 g/mol. The number of nitrogens with two attached hydrogens (primary N) is 1. The molecule has 0 aromatic heterocycles. The summed E-state index contributed by atoms with van der Waals surface area (Å²) in [5.74, 6) is -0.953. The summed E-state index contributed by atoms with van der Waals surface area (Å²) in [5, 5.41) is 0. The number of unbranched alkanes of at least 4 members (excludes halogenated alkanes) is 6. The van der Waals surface area contributed by atoms with Gasteiger partial charge in [0.25, 0.3) is 0 Å². The van der Waals surface area contributed by atoms with Gasteiger partial charge in [0.05, 0.1) is 13.2 Å². The molecule has 10 heteroatoms. The van der Waals surface area contributed by atoms with Crippen LogP contribution in [0.3, 0.4) is 0 Å². The highest BCUT2D eigenvalue weighted by Gasteiger charge is 2.25. The molecule has 0 aromatic rings. The van der Waals surface area contributed by atoms with E-state index in [1.165, 1.54) is 0 Å². The summed E-state index contributed by atoms with van der Waals surface area (Å²) in [5.41, 5.74) is 5.25. The first-order valence-electron chi connectivity index (χ1n) is 14.6. The third-order valence-electron chi connectivity index (χ3n) is 5.53. The summed E-state index contributed by atoms with van der Waals surface area (Å²) < 4.78 is 31.6. The zero-order valence-corrected chi connectivity index (χ0v) is 25.4. The van der Waals surface area contributed by atoms with Crippen molar-refractivity contribution in [2.45, 2.75) is 103 Å². The van der Waals surface area contributed by atoms with Crippen LogP contribution in [0.15, 0.2) is 48.6 Å². The molecule has 0 aliphatic heterocycles. The molecule has 0 heterocycles. The molecule has 3 N–H and O–H groups in total. The van der Waals surface area contributed by atoms with Crippen molar-refractivity contribution in [3.8, 4) is 0 Å². The van der Waals surface area contributed by atoms with Crippen molar-refractivity contribution in [2.24, 2.45) is 5.73 Å². The van der Waals surface area contributed by atoms with Gasteiger partial charge in [0, 0.05) is 19.4 Å². The summed E-state index contributed by atoms with van der Waals surface area (Å²) in [7, 11) is -4.34. The van der Waals surface area contributed by atoms with Crippen molar-refractivity contribution in [2.75, 3.05) is 26.4 Å². The van der Waals surface area contributed by atoms with Gasteiger partial charge >= 0.3 is 19.8 Å². The Hall–Kier alpha value is -2.03. The van der Waals surface area contributed by atoms with E-state index in [0.717, 1.165) is 64.2 Å². The van der Waals surface area contributed by atoms with E-state index in [-0.39, 0.29) is 32.6 Å². The molecule has 0 saturated heterocycles. The van der Waals surface area contributed by atoms with Crippen LogP contribution >= 0.6 is 7.82 Å². The quantitative estimate of drug-likeness (QED) is 0.0482. The molecule has 0 radical (unpaired) electrons. The summed E-state index contributed by atoms with van der Waals surface area (Å²) in [6.45, 7) is 2.95. The fraction of sp³-hybridized carbons (Fsp3) is 0.667. The van der Waals surface area contributed by atoms with Gasteiger partial charge in [-0.05, 0) is 44.9 Å². The zero-order chi connectivity index (χ0) is 29.7. The Balaban J connectivity index is 3.98. The fourth-order valence-corrected chi connectivity index (χ4v) is 4.13. The Morgan fingerprint density at radius 1 is 0.775 bits per heavy atom. The monoisotopic (exact) mass is 585 g/mol. The highest BCUT2D eigenvalue weighted by Crippen LogP contribution is 2.43. The van der Waals surface area contributed by atoms with E-state index in [2.05, 4.69) is 60.1 Å². The molecule has 0 spiro atoms. The molecule has 0 aliphatic carbocycles. The van der Waals surface area contributed by atoms with Gasteiger partial charge in [-0.15, -0.1) is 0 Å². The number of hydrogen-bond donors (Lipinski definition) is 2.